The summed E-state index contributed by atoms with van der Waals surface area (Å²) in [6.07, 6.45) is 1.30. The summed E-state index contributed by atoms with van der Waals surface area (Å²) in [5.41, 5.74) is 4.14. The molecule has 2 unspecified atom stereocenters. The Morgan fingerprint density at radius 3 is 2.40 bits per heavy atom. The van der Waals surface area contributed by atoms with Gasteiger partial charge in [-0.2, -0.15) is 0 Å². The van der Waals surface area contributed by atoms with E-state index in [1.807, 2.05) is 0 Å². The highest BCUT2D eigenvalue weighted by Gasteiger charge is 2.25. The van der Waals surface area contributed by atoms with Crippen LogP contribution in [0, 0.1) is 19.8 Å². The summed E-state index contributed by atoms with van der Waals surface area (Å²) in [5, 5.41) is 3.62. The van der Waals surface area contributed by atoms with Crippen LogP contribution in [0.25, 0.3) is 0 Å². The van der Waals surface area contributed by atoms with Gasteiger partial charge in [-0.05, 0) is 50.8 Å². The lowest BCUT2D eigenvalue weighted by atomic mass is 9.91. The lowest BCUT2D eigenvalue weighted by molar-refractivity contribution is 0.00392. The molecule has 0 amide bonds. The predicted molar refractivity (Wildman–Crippen MR) is 87.3 cm³/mol. The molecule has 2 atom stereocenters. The van der Waals surface area contributed by atoms with Crippen LogP contribution in [-0.4, -0.2) is 25.3 Å². The Balaban J connectivity index is 2.92. The highest BCUT2D eigenvalue weighted by atomic mass is 16.5. The quantitative estimate of drug-likeness (QED) is 0.778. The minimum absolute atomic E-state index is 0.264. The van der Waals surface area contributed by atoms with E-state index in [0.717, 1.165) is 19.6 Å². The second-order valence-corrected chi connectivity index (χ2v) is 5.96. The number of aryl methyl sites for hydroxylation is 2. The van der Waals surface area contributed by atoms with Crippen LogP contribution in [0.15, 0.2) is 18.2 Å². The summed E-state index contributed by atoms with van der Waals surface area (Å²) in [6.45, 7) is 14.8. The monoisotopic (exact) mass is 277 g/mol. The molecule has 20 heavy (non-hydrogen) atoms. The maximum Gasteiger partial charge on any atom is 0.0753 e. The highest BCUT2D eigenvalue weighted by Crippen LogP contribution is 2.19. The average molecular weight is 277 g/mol. The molecule has 1 aromatic carbocycles. The van der Waals surface area contributed by atoms with Crippen LogP contribution >= 0.6 is 0 Å². The van der Waals surface area contributed by atoms with Gasteiger partial charge in [0.25, 0.3) is 0 Å². The summed E-state index contributed by atoms with van der Waals surface area (Å²) in [7, 11) is 0. The molecule has 1 rings (SSSR count). The van der Waals surface area contributed by atoms with E-state index in [-0.39, 0.29) is 6.10 Å². The van der Waals surface area contributed by atoms with Gasteiger partial charge in [-0.3, -0.25) is 0 Å². The summed E-state index contributed by atoms with van der Waals surface area (Å²) in [4.78, 5) is 0. The van der Waals surface area contributed by atoms with Gasteiger partial charge in [0.2, 0.25) is 0 Å². The Morgan fingerprint density at radius 1 is 1.15 bits per heavy atom. The van der Waals surface area contributed by atoms with Gasteiger partial charge in [0.1, 0.15) is 0 Å². The highest BCUT2D eigenvalue weighted by molar-refractivity contribution is 5.31. The zero-order valence-electron chi connectivity index (χ0n) is 14.0. The minimum Gasteiger partial charge on any atom is -0.377 e. The Bertz CT molecular complexity index is 400. The third-order valence-corrected chi connectivity index (χ3v) is 3.82. The molecule has 0 saturated heterocycles. The van der Waals surface area contributed by atoms with Gasteiger partial charge >= 0.3 is 0 Å². The number of hydrogen-bond donors (Lipinski definition) is 1. The molecule has 0 heterocycles. The molecule has 0 aliphatic heterocycles. The van der Waals surface area contributed by atoms with E-state index in [1.165, 1.54) is 16.7 Å². The first-order chi connectivity index (χ1) is 9.49. The zero-order valence-corrected chi connectivity index (χ0v) is 14.0. The molecule has 0 fully saturated rings. The Hall–Kier alpha value is -0.860. The standard InChI is InChI=1S/C18H31NO/c1-7-19-17(18(13(3)4)20-8-2)12-16-11-14(5)9-10-15(16)6/h9-11,13,17-19H,7-8,12H2,1-6H3. The van der Waals surface area contributed by atoms with Gasteiger partial charge in [0.05, 0.1) is 6.10 Å². The van der Waals surface area contributed by atoms with E-state index in [2.05, 4.69) is 65.1 Å². The van der Waals surface area contributed by atoms with Gasteiger partial charge in [0, 0.05) is 12.6 Å². The fraction of sp³-hybridized carbons (Fsp3) is 0.667. The van der Waals surface area contributed by atoms with Crippen molar-refractivity contribution in [3.63, 3.8) is 0 Å². The van der Waals surface area contributed by atoms with E-state index in [1.54, 1.807) is 0 Å². The number of rotatable bonds is 8. The van der Waals surface area contributed by atoms with Crippen molar-refractivity contribution in [3.8, 4) is 0 Å². The van der Waals surface area contributed by atoms with Crippen LogP contribution in [0.2, 0.25) is 0 Å². The van der Waals surface area contributed by atoms with E-state index < -0.39 is 0 Å². The largest absolute Gasteiger partial charge is 0.377 e. The fourth-order valence-electron chi connectivity index (χ4n) is 2.79. The van der Waals surface area contributed by atoms with Crippen molar-refractivity contribution in [2.75, 3.05) is 13.2 Å². The van der Waals surface area contributed by atoms with E-state index in [4.69, 9.17) is 4.74 Å². The first kappa shape index (κ1) is 17.2. The number of ether oxygens (including phenoxy) is 1. The maximum absolute atomic E-state index is 6.00. The number of nitrogens with one attached hydrogen (secondary N) is 1. The normalized spacial score (nSPS) is 14.6. The minimum atomic E-state index is 0.264. The molecule has 2 heteroatoms. The molecular weight excluding hydrogens is 246 g/mol. The first-order valence-electron chi connectivity index (χ1n) is 7.90. The average Bonchev–Trinajstić information content (AvgIpc) is 2.39. The first-order valence-corrected chi connectivity index (χ1v) is 7.90. The molecule has 0 bridgehead atoms. The fourth-order valence-corrected chi connectivity index (χ4v) is 2.79. The van der Waals surface area contributed by atoms with Crippen molar-refractivity contribution in [1.29, 1.82) is 0 Å². The molecule has 0 aliphatic carbocycles. The topological polar surface area (TPSA) is 21.3 Å². The third-order valence-electron chi connectivity index (χ3n) is 3.82. The number of likely N-dealkylation sites (N-methyl/N-ethyl adjacent to an activating group) is 1. The van der Waals surface area contributed by atoms with Crippen molar-refractivity contribution in [2.45, 2.75) is 60.1 Å². The maximum atomic E-state index is 6.00. The van der Waals surface area contributed by atoms with E-state index in [9.17, 15) is 0 Å². The molecule has 114 valence electrons. The van der Waals surface area contributed by atoms with Gasteiger partial charge in [-0.15, -0.1) is 0 Å². The Kier molecular flexibility index (Phi) is 7.25. The van der Waals surface area contributed by atoms with Gasteiger partial charge in [-0.25, -0.2) is 0 Å². The molecule has 1 aromatic rings. The van der Waals surface area contributed by atoms with Crippen LogP contribution in [0.4, 0.5) is 0 Å². The third kappa shape index (κ3) is 4.92. The molecule has 0 saturated carbocycles. The summed E-state index contributed by atoms with van der Waals surface area (Å²) in [6, 6.07) is 7.09. The van der Waals surface area contributed by atoms with Gasteiger partial charge in [-0.1, -0.05) is 44.5 Å². The van der Waals surface area contributed by atoms with Gasteiger partial charge < -0.3 is 10.1 Å². The second kappa shape index (κ2) is 8.43. The van der Waals surface area contributed by atoms with Crippen molar-refractivity contribution in [3.05, 3.63) is 34.9 Å². The molecular formula is C18H31NO. The zero-order chi connectivity index (χ0) is 15.1. The smallest absolute Gasteiger partial charge is 0.0753 e. The molecule has 0 radical (unpaired) electrons. The lowest BCUT2D eigenvalue weighted by Gasteiger charge is -2.31. The van der Waals surface area contributed by atoms with Crippen LogP contribution in [-0.2, 0) is 11.2 Å². The van der Waals surface area contributed by atoms with Crippen molar-refractivity contribution in [2.24, 2.45) is 5.92 Å². The van der Waals surface area contributed by atoms with Crippen LogP contribution in [0.1, 0.15) is 44.4 Å². The van der Waals surface area contributed by atoms with Crippen LogP contribution < -0.4 is 5.32 Å². The van der Waals surface area contributed by atoms with Crippen molar-refractivity contribution >= 4 is 0 Å². The Labute approximate surface area is 124 Å². The van der Waals surface area contributed by atoms with Gasteiger partial charge in [0.15, 0.2) is 0 Å². The van der Waals surface area contributed by atoms with Crippen LogP contribution in [0.3, 0.4) is 0 Å². The second-order valence-electron chi connectivity index (χ2n) is 5.96. The Morgan fingerprint density at radius 2 is 1.85 bits per heavy atom. The molecule has 1 N–H and O–H groups in total. The summed E-state index contributed by atoms with van der Waals surface area (Å²) in [5.74, 6) is 0.518. The summed E-state index contributed by atoms with van der Waals surface area (Å²) < 4.78 is 6.00. The van der Waals surface area contributed by atoms with E-state index in [0.29, 0.717) is 12.0 Å². The number of hydrogen-bond acceptors (Lipinski definition) is 2. The van der Waals surface area contributed by atoms with Crippen molar-refractivity contribution in [1.82, 2.24) is 5.32 Å². The summed E-state index contributed by atoms with van der Waals surface area (Å²) >= 11 is 0. The molecule has 2 nitrogen and oxygen atoms in total. The van der Waals surface area contributed by atoms with E-state index >= 15 is 0 Å². The van der Waals surface area contributed by atoms with Crippen molar-refractivity contribution < 1.29 is 4.74 Å². The lowest BCUT2D eigenvalue weighted by Crippen LogP contribution is -2.45. The molecule has 0 spiro atoms. The molecule has 0 aliphatic rings. The SMILES string of the molecule is CCNC(Cc1cc(C)ccc1C)C(OCC)C(C)C. The van der Waals surface area contributed by atoms with Crippen LogP contribution in [0.5, 0.6) is 0 Å². The predicted octanol–water partition coefficient (Wildman–Crippen LogP) is 3.89. The molecule has 0 aromatic heterocycles. The number of benzene rings is 1.